The summed E-state index contributed by atoms with van der Waals surface area (Å²) in [6.07, 6.45) is 0.949. The molecule has 0 bridgehead atoms. The van der Waals surface area contributed by atoms with Crippen LogP contribution in [0.1, 0.15) is 65.2 Å². The number of anilines is 1. The molecule has 15 heteroatoms. The lowest BCUT2D eigenvalue weighted by Gasteiger charge is -2.38. The molecule has 3 N–H and O–H groups in total. The number of furan rings is 1. The molecule has 14 nitrogen and oxygen atoms in total. The first kappa shape index (κ1) is 36.4. The number of aliphatic carboxylic acids is 1. The second-order valence-electron chi connectivity index (χ2n) is 14.9. The number of carboxylic acids is 1. The van der Waals surface area contributed by atoms with Gasteiger partial charge in [-0.15, -0.1) is 0 Å². The van der Waals surface area contributed by atoms with E-state index < -0.39 is 36.1 Å². The summed E-state index contributed by atoms with van der Waals surface area (Å²) in [6, 6.07) is 12.3. The van der Waals surface area contributed by atoms with Crippen LogP contribution >= 0.6 is 11.6 Å². The summed E-state index contributed by atoms with van der Waals surface area (Å²) >= 11 is 6.84. The van der Waals surface area contributed by atoms with Gasteiger partial charge in [-0.25, -0.2) is 14.8 Å². The number of nitrogens with zero attached hydrogens (tertiary/aromatic N) is 6. The molecule has 0 radical (unpaired) electrons. The maximum atomic E-state index is 13.9. The largest absolute Gasteiger partial charge is 0.481 e. The predicted molar refractivity (Wildman–Crippen MR) is 199 cm³/mol. The number of hydrogen-bond acceptors (Lipinski definition) is 11. The van der Waals surface area contributed by atoms with E-state index in [0.717, 1.165) is 5.52 Å². The van der Waals surface area contributed by atoms with Crippen molar-refractivity contribution in [2.75, 3.05) is 31.1 Å². The summed E-state index contributed by atoms with van der Waals surface area (Å²) in [7, 11) is 0. The highest BCUT2D eigenvalue weighted by Crippen LogP contribution is 2.41. The molecule has 7 rings (SSSR count). The van der Waals surface area contributed by atoms with Crippen LogP contribution in [0.15, 0.2) is 46.9 Å². The van der Waals surface area contributed by atoms with Crippen LogP contribution in [0.3, 0.4) is 0 Å². The topological polar surface area (TPSA) is 179 Å². The van der Waals surface area contributed by atoms with Gasteiger partial charge >= 0.3 is 11.9 Å². The highest BCUT2D eigenvalue weighted by molar-refractivity contribution is 6.35. The predicted octanol–water partition coefficient (Wildman–Crippen LogP) is 5.52. The van der Waals surface area contributed by atoms with Crippen molar-refractivity contribution in [3.63, 3.8) is 0 Å². The van der Waals surface area contributed by atoms with E-state index in [9.17, 15) is 19.5 Å². The van der Waals surface area contributed by atoms with E-state index in [0.29, 0.717) is 77.5 Å². The van der Waals surface area contributed by atoms with Gasteiger partial charge in [0.2, 0.25) is 5.91 Å². The van der Waals surface area contributed by atoms with Gasteiger partial charge in [-0.2, -0.15) is 4.98 Å². The summed E-state index contributed by atoms with van der Waals surface area (Å²) in [5, 5.41) is 10.9. The van der Waals surface area contributed by atoms with Crippen molar-refractivity contribution in [1.29, 1.82) is 0 Å². The molecule has 1 amide bonds. The zero-order valence-electron chi connectivity index (χ0n) is 30.3. The molecule has 2 fully saturated rings. The van der Waals surface area contributed by atoms with Crippen LogP contribution in [-0.2, 0) is 25.5 Å². The number of piperidine rings is 1. The molecule has 5 aromatic rings. The number of rotatable bonds is 10. The van der Waals surface area contributed by atoms with Crippen LogP contribution < -0.4 is 15.4 Å². The van der Waals surface area contributed by atoms with Crippen LogP contribution in [0.25, 0.3) is 33.1 Å². The van der Waals surface area contributed by atoms with Crippen LogP contribution in [0.4, 0.5) is 5.82 Å². The van der Waals surface area contributed by atoms with Crippen LogP contribution in [0, 0.1) is 5.92 Å². The molecular formula is C38H44ClN7O7. The normalized spacial score (nSPS) is 20.8. The number of amides is 1. The number of carbonyl (C=O) groups is 3. The number of esters is 1. The fourth-order valence-electron chi connectivity index (χ4n) is 7.52. The zero-order valence-corrected chi connectivity index (χ0v) is 31.0. The number of halogens is 1. The fraction of sp³-hybridized carbons (Fsp3) is 0.474. The summed E-state index contributed by atoms with van der Waals surface area (Å²) in [5.74, 6) is -1.07. The number of hydrogen-bond donors (Lipinski definition) is 2. The van der Waals surface area contributed by atoms with Crippen molar-refractivity contribution >= 4 is 68.4 Å². The highest BCUT2D eigenvalue weighted by atomic mass is 35.5. The molecule has 2 saturated heterocycles. The first-order chi connectivity index (χ1) is 25.3. The van der Waals surface area contributed by atoms with Gasteiger partial charge in [0, 0.05) is 37.4 Å². The summed E-state index contributed by atoms with van der Waals surface area (Å²) in [4.78, 5) is 56.5. The number of fused-ring (bicyclic) bond motifs is 4. The van der Waals surface area contributed by atoms with E-state index in [2.05, 4.69) is 16.9 Å². The van der Waals surface area contributed by atoms with Gasteiger partial charge in [-0.1, -0.05) is 36.7 Å². The Morgan fingerprint density at radius 3 is 2.60 bits per heavy atom. The van der Waals surface area contributed by atoms with Gasteiger partial charge in [0.05, 0.1) is 22.6 Å². The van der Waals surface area contributed by atoms with Gasteiger partial charge in [0.15, 0.2) is 11.4 Å². The molecular weight excluding hydrogens is 702 g/mol. The van der Waals surface area contributed by atoms with Crippen molar-refractivity contribution < 1.29 is 33.4 Å². The summed E-state index contributed by atoms with van der Waals surface area (Å²) < 4.78 is 21.0. The Kier molecular flexibility index (Phi) is 9.94. The van der Waals surface area contributed by atoms with E-state index in [-0.39, 0.29) is 42.5 Å². The highest BCUT2D eigenvalue weighted by Gasteiger charge is 2.44. The maximum Gasteiger partial charge on any atom is 0.329 e. The quantitative estimate of drug-likeness (QED) is 0.171. The first-order valence-corrected chi connectivity index (χ1v) is 18.4. The second-order valence-corrected chi connectivity index (χ2v) is 15.3. The Labute approximate surface area is 311 Å². The van der Waals surface area contributed by atoms with Crippen molar-refractivity contribution in [3.05, 3.63) is 53.3 Å². The Morgan fingerprint density at radius 2 is 1.87 bits per heavy atom. The molecule has 2 aromatic carbocycles. The van der Waals surface area contributed by atoms with E-state index in [1.165, 1.54) is 0 Å². The maximum absolute atomic E-state index is 13.9. The summed E-state index contributed by atoms with van der Waals surface area (Å²) in [6.45, 7) is 9.29. The van der Waals surface area contributed by atoms with Crippen LogP contribution in [-0.4, -0.2) is 91.3 Å². The van der Waals surface area contributed by atoms with Gasteiger partial charge in [0.25, 0.3) is 6.01 Å². The smallest absolute Gasteiger partial charge is 0.329 e. The Morgan fingerprint density at radius 1 is 1.08 bits per heavy atom. The standard InChI is InChI=1S/C38H44ClN7O7/c1-21-19-44(30(47)13-8-15-40)16-14-26(21)46-33-24(39)10-7-11-25(33)41-37(46)51-22-17-27(36(50)53-38(2,3)4)45(20-22)35-34-32(42-29(43-35)18-31(48)49)23-9-5-6-12-28(23)52-34/h5-7,9-12,21-22,26-27H,8,13-20,40H2,1-4H3,(H,48,49)/t21?,22-,26?,27-/m0/s1. The van der Waals surface area contributed by atoms with Crippen LogP contribution in [0.5, 0.6) is 6.01 Å². The third-order valence-corrected chi connectivity index (χ3v) is 10.1. The minimum absolute atomic E-state index is 0.0474. The monoisotopic (exact) mass is 745 g/mol. The molecule has 5 heterocycles. The number of ether oxygens (including phenoxy) is 2. The molecule has 53 heavy (non-hydrogen) atoms. The van der Waals surface area contributed by atoms with E-state index in [1.807, 2.05) is 45.9 Å². The van der Waals surface area contributed by atoms with Gasteiger partial charge < -0.3 is 34.5 Å². The van der Waals surface area contributed by atoms with Gasteiger partial charge in [-0.3, -0.25) is 14.2 Å². The molecule has 2 aliphatic heterocycles. The van der Waals surface area contributed by atoms with Crippen molar-refractivity contribution in [2.45, 2.75) is 83.6 Å². The molecule has 2 unspecified atom stereocenters. The van der Waals surface area contributed by atoms with E-state index >= 15 is 0 Å². The van der Waals surface area contributed by atoms with E-state index in [1.54, 1.807) is 31.7 Å². The number of nitrogens with two attached hydrogens (primary N) is 1. The number of aromatic nitrogens is 4. The number of benzene rings is 2. The third kappa shape index (κ3) is 7.34. The van der Waals surface area contributed by atoms with Crippen molar-refractivity contribution in [3.8, 4) is 6.01 Å². The minimum atomic E-state index is -1.09. The lowest BCUT2D eigenvalue weighted by molar-refractivity contribution is -0.156. The number of para-hydroxylation sites is 2. The van der Waals surface area contributed by atoms with Gasteiger partial charge in [-0.05, 0) is 70.3 Å². The van der Waals surface area contributed by atoms with E-state index in [4.69, 9.17) is 36.2 Å². The zero-order chi connectivity index (χ0) is 37.6. The Hall–Kier alpha value is -4.95. The molecule has 3 aromatic heterocycles. The SMILES string of the molecule is CC1CN(C(=O)CCCN)CCC1n1c(O[C@H]2C[C@@H](C(=O)OC(C)(C)C)N(c3nc(CC(=O)O)nc4c3oc3ccccc34)C2)nc2cccc(Cl)c21. The number of carboxylic acid groups (broad SMARTS) is 1. The minimum Gasteiger partial charge on any atom is -0.481 e. The Balaban J connectivity index is 1.27. The number of imidazole rings is 1. The fourth-order valence-corrected chi connectivity index (χ4v) is 7.78. The summed E-state index contributed by atoms with van der Waals surface area (Å²) in [5.41, 5.74) is 7.62. The second kappa shape index (κ2) is 14.5. The average molecular weight is 746 g/mol. The average Bonchev–Trinajstić information content (AvgIpc) is 3.80. The first-order valence-electron chi connectivity index (χ1n) is 18.0. The molecule has 4 atom stereocenters. The lowest BCUT2D eigenvalue weighted by Crippen LogP contribution is -2.43. The number of carbonyl (C=O) groups excluding carboxylic acids is 2. The molecule has 0 spiro atoms. The molecule has 2 aliphatic rings. The van der Waals surface area contributed by atoms with Crippen molar-refractivity contribution in [1.82, 2.24) is 24.4 Å². The van der Waals surface area contributed by atoms with Gasteiger partial charge in [0.1, 0.15) is 41.1 Å². The lowest BCUT2D eigenvalue weighted by atomic mass is 9.93. The molecule has 280 valence electrons. The van der Waals surface area contributed by atoms with Crippen molar-refractivity contribution in [2.24, 2.45) is 11.7 Å². The van der Waals surface area contributed by atoms with Crippen LogP contribution in [0.2, 0.25) is 5.02 Å². The number of likely N-dealkylation sites (tertiary alicyclic amines) is 1. The Bertz CT molecular complexity index is 2190. The third-order valence-electron chi connectivity index (χ3n) is 9.81. The molecule has 0 saturated carbocycles. The molecule has 0 aliphatic carbocycles.